The fraction of sp³-hybridized carbons (Fsp3) is 0.333. The van der Waals surface area contributed by atoms with Gasteiger partial charge in [-0.15, -0.1) is 11.3 Å². The lowest BCUT2D eigenvalue weighted by atomic mass is 9.84. The normalized spacial score (nSPS) is 21.4. The molecule has 2 bridgehead atoms. The van der Waals surface area contributed by atoms with Crippen LogP contribution in [0.2, 0.25) is 0 Å². The van der Waals surface area contributed by atoms with Gasteiger partial charge in [-0.3, -0.25) is 9.35 Å². The van der Waals surface area contributed by atoms with Crippen molar-refractivity contribution >= 4 is 27.4 Å². The number of nitrogens with one attached hydrogen (secondary N) is 1. The van der Waals surface area contributed by atoms with E-state index >= 15 is 0 Å². The van der Waals surface area contributed by atoms with Crippen LogP contribution < -0.4 is 5.32 Å². The van der Waals surface area contributed by atoms with Crippen molar-refractivity contribution in [2.45, 2.75) is 30.7 Å². The summed E-state index contributed by atoms with van der Waals surface area (Å²) in [4.78, 5) is 19.9. The summed E-state index contributed by atoms with van der Waals surface area (Å²) < 4.78 is 42.5. The van der Waals surface area contributed by atoms with Crippen molar-refractivity contribution in [2.75, 3.05) is 19.6 Å². The quantitative estimate of drug-likeness (QED) is 0.522. The number of rotatable bonds is 4. The summed E-state index contributed by atoms with van der Waals surface area (Å²) in [5.74, 6) is 0.237. The molecule has 4 heterocycles. The van der Waals surface area contributed by atoms with Crippen molar-refractivity contribution in [3.63, 3.8) is 0 Å². The van der Waals surface area contributed by atoms with Crippen LogP contribution in [0.15, 0.2) is 59.6 Å². The maximum Gasteiger partial charge on any atom is 0.294 e. The summed E-state index contributed by atoms with van der Waals surface area (Å²) in [6.45, 7) is 5.10. The average Bonchev–Trinajstić information content (AvgIpc) is 3.31. The van der Waals surface area contributed by atoms with E-state index in [2.05, 4.69) is 15.2 Å². The molecule has 180 valence electrons. The minimum absolute atomic E-state index is 0.0666. The highest BCUT2D eigenvalue weighted by Crippen LogP contribution is 2.29. The molecule has 1 atom stereocenters. The Bertz CT molecular complexity index is 1240. The van der Waals surface area contributed by atoms with Crippen LogP contribution in [0.1, 0.15) is 28.2 Å². The van der Waals surface area contributed by atoms with Gasteiger partial charge in [-0.1, -0.05) is 29.8 Å². The summed E-state index contributed by atoms with van der Waals surface area (Å²) in [5, 5.41) is 3.62. The molecular formula is C24H26FN3O4S2. The van der Waals surface area contributed by atoms with E-state index in [1.165, 1.54) is 48.4 Å². The zero-order chi connectivity index (χ0) is 24.3. The number of halogens is 1. The first kappa shape index (κ1) is 24.5. The zero-order valence-corrected chi connectivity index (χ0v) is 20.3. The molecule has 3 saturated heterocycles. The molecule has 1 aromatic heterocycles. The lowest BCUT2D eigenvalue weighted by Gasteiger charge is -2.44. The monoisotopic (exact) mass is 503 g/mol. The van der Waals surface area contributed by atoms with Crippen molar-refractivity contribution in [2.24, 2.45) is 5.92 Å². The number of aromatic nitrogens is 1. The molecular weight excluding hydrogens is 477 g/mol. The lowest BCUT2D eigenvalue weighted by molar-refractivity contribution is 0.0620. The molecule has 0 unspecified atom stereocenters. The third kappa shape index (κ3) is 6.06. The number of benzene rings is 2. The Labute approximate surface area is 202 Å². The highest BCUT2D eigenvalue weighted by Gasteiger charge is 2.35. The fourth-order valence-electron chi connectivity index (χ4n) is 4.20. The van der Waals surface area contributed by atoms with Crippen LogP contribution in [-0.2, 0) is 10.1 Å². The zero-order valence-electron chi connectivity index (χ0n) is 18.6. The fourth-order valence-corrected chi connectivity index (χ4v) is 5.50. The lowest BCUT2D eigenvalue weighted by Crippen LogP contribution is -2.57. The number of carbonyl (C=O) groups excluding carboxylic acids is 1. The first-order chi connectivity index (χ1) is 16.2. The molecule has 0 spiro atoms. The summed E-state index contributed by atoms with van der Waals surface area (Å²) in [5.41, 5.74) is 1.84. The highest BCUT2D eigenvalue weighted by molar-refractivity contribution is 7.85. The van der Waals surface area contributed by atoms with Gasteiger partial charge in [0.2, 0.25) is 0 Å². The van der Waals surface area contributed by atoms with Crippen LogP contribution in [0.3, 0.4) is 0 Å². The van der Waals surface area contributed by atoms with E-state index in [0.717, 1.165) is 35.6 Å². The third-order valence-corrected chi connectivity index (χ3v) is 8.03. The van der Waals surface area contributed by atoms with Crippen LogP contribution in [0, 0.1) is 18.7 Å². The van der Waals surface area contributed by atoms with E-state index in [1.54, 1.807) is 30.5 Å². The van der Waals surface area contributed by atoms with Gasteiger partial charge in [-0.05, 0) is 68.6 Å². The van der Waals surface area contributed by atoms with Gasteiger partial charge in [-0.2, -0.15) is 8.42 Å². The van der Waals surface area contributed by atoms with Crippen molar-refractivity contribution in [1.29, 1.82) is 0 Å². The van der Waals surface area contributed by atoms with E-state index in [0.29, 0.717) is 10.9 Å². The molecule has 0 aliphatic carbocycles. The first-order valence-corrected chi connectivity index (χ1v) is 13.2. The number of amides is 1. The first-order valence-electron chi connectivity index (χ1n) is 11.0. The van der Waals surface area contributed by atoms with Crippen molar-refractivity contribution in [3.05, 3.63) is 71.1 Å². The van der Waals surface area contributed by atoms with Crippen LogP contribution in [0.25, 0.3) is 10.4 Å². The standard InChI is InChI=1S/C17H18FN3OS.C7H8O3S/c18-13-3-1-12(2-4-13)15-9-19-17(23-15)16(22)20-14-10-21-7-5-11(14)6-8-21;1-6-2-4-7(5-3-6)11(8,9)10/h1-4,9,11,14H,5-8,10H2,(H,20,22);2-5H,1H3,(H,8,9,10)/t14-;/m0./s1. The number of carbonyl (C=O) groups is 1. The summed E-state index contributed by atoms with van der Waals surface area (Å²) >= 11 is 1.35. The maximum atomic E-state index is 13.0. The number of hydrogen-bond donors (Lipinski definition) is 2. The predicted octanol–water partition coefficient (Wildman–Crippen LogP) is 4.01. The van der Waals surface area contributed by atoms with Gasteiger partial charge in [0, 0.05) is 18.8 Å². The van der Waals surface area contributed by atoms with E-state index in [9.17, 15) is 17.6 Å². The van der Waals surface area contributed by atoms with E-state index < -0.39 is 10.1 Å². The van der Waals surface area contributed by atoms with E-state index in [-0.39, 0.29) is 22.7 Å². The largest absolute Gasteiger partial charge is 0.346 e. The Kier molecular flexibility index (Phi) is 7.42. The second-order valence-electron chi connectivity index (χ2n) is 8.54. The highest BCUT2D eigenvalue weighted by atomic mass is 32.2. The summed E-state index contributed by atoms with van der Waals surface area (Å²) in [6, 6.07) is 12.5. The molecule has 6 rings (SSSR count). The van der Waals surface area contributed by atoms with Crippen molar-refractivity contribution < 1.29 is 22.2 Å². The molecule has 3 aromatic rings. The van der Waals surface area contributed by atoms with Crippen molar-refractivity contribution in [1.82, 2.24) is 15.2 Å². The minimum atomic E-state index is -4.02. The molecule has 2 N–H and O–H groups in total. The number of fused-ring (bicyclic) bond motifs is 3. The van der Waals surface area contributed by atoms with Crippen LogP contribution in [0.4, 0.5) is 4.39 Å². The van der Waals surface area contributed by atoms with Gasteiger partial charge in [0.05, 0.1) is 9.77 Å². The van der Waals surface area contributed by atoms with Crippen LogP contribution in [-0.4, -0.2) is 54.4 Å². The molecule has 2 aromatic carbocycles. The topological polar surface area (TPSA) is 99.6 Å². The molecule has 3 aliphatic heterocycles. The second-order valence-corrected chi connectivity index (χ2v) is 11.0. The van der Waals surface area contributed by atoms with Crippen molar-refractivity contribution in [3.8, 4) is 10.4 Å². The van der Waals surface area contributed by atoms with Gasteiger partial charge in [0.25, 0.3) is 16.0 Å². The molecule has 10 heteroatoms. The molecule has 0 radical (unpaired) electrons. The Morgan fingerprint density at radius 2 is 1.76 bits per heavy atom. The average molecular weight is 504 g/mol. The van der Waals surface area contributed by atoms with Gasteiger partial charge in [0.15, 0.2) is 5.01 Å². The number of aryl methyl sites for hydroxylation is 1. The molecule has 7 nitrogen and oxygen atoms in total. The van der Waals surface area contributed by atoms with Gasteiger partial charge in [-0.25, -0.2) is 9.37 Å². The maximum absolute atomic E-state index is 13.0. The van der Waals surface area contributed by atoms with E-state index in [1.807, 2.05) is 6.92 Å². The molecule has 34 heavy (non-hydrogen) atoms. The van der Waals surface area contributed by atoms with E-state index in [4.69, 9.17) is 4.55 Å². The molecule has 3 fully saturated rings. The Morgan fingerprint density at radius 1 is 1.12 bits per heavy atom. The number of nitrogens with zero attached hydrogens (tertiary/aromatic N) is 2. The summed E-state index contributed by atoms with van der Waals surface area (Å²) in [7, 11) is -4.02. The van der Waals surface area contributed by atoms with Crippen LogP contribution >= 0.6 is 11.3 Å². The third-order valence-electron chi connectivity index (χ3n) is 6.12. The smallest absolute Gasteiger partial charge is 0.294 e. The Hall–Kier alpha value is -2.66. The summed E-state index contributed by atoms with van der Waals surface area (Å²) in [6.07, 6.45) is 4.02. The van der Waals surface area contributed by atoms with Gasteiger partial charge in [0.1, 0.15) is 5.82 Å². The Balaban J connectivity index is 0.000000210. The van der Waals surface area contributed by atoms with Gasteiger partial charge < -0.3 is 10.2 Å². The molecule has 0 saturated carbocycles. The molecule has 1 amide bonds. The number of piperidine rings is 3. The molecule has 3 aliphatic rings. The number of thiazole rings is 1. The van der Waals surface area contributed by atoms with Gasteiger partial charge >= 0.3 is 0 Å². The van der Waals surface area contributed by atoms with Crippen LogP contribution in [0.5, 0.6) is 0 Å². The minimum Gasteiger partial charge on any atom is -0.346 e. The second kappa shape index (κ2) is 10.3. The SMILES string of the molecule is Cc1ccc(S(=O)(=O)O)cc1.O=C(N[C@H]1CN2CCC1CC2)c1ncc(-c2ccc(F)cc2)s1. The predicted molar refractivity (Wildman–Crippen MR) is 129 cm³/mol. The Morgan fingerprint density at radius 3 is 2.32 bits per heavy atom. The number of hydrogen-bond acceptors (Lipinski definition) is 6.